The predicted octanol–water partition coefficient (Wildman–Crippen LogP) is 2.55. The van der Waals surface area contributed by atoms with Gasteiger partial charge in [-0.1, -0.05) is 59.4 Å². The van der Waals surface area contributed by atoms with E-state index in [4.69, 9.17) is 0 Å². The summed E-state index contributed by atoms with van der Waals surface area (Å²) in [5, 5.41) is 11.7. The molecule has 7 nitrogen and oxygen atoms in total. The lowest BCUT2D eigenvalue weighted by Crippen LogP contribution is -2.32. The van der Waals surface area contributed by atoms with Crippen molar-refractivity contribution in [2.24, 2.45) is 0 Å². The lowest BCUT2D eigenvalue weighted by molar-refractivity contribution is -0.115. The molecule has 0 atom stereocenters. The van der Waals surface area contributed by atoms with Crippen LogP contribution in [-0.2, 0) is 27.7 Å². The molecule has 0 unspecified atom stereocenters. The number of rotatable bonds is 8. The van der Waals surface area contributed by atoms with Crippen molar-refractivity contribution >= 4 is 32.4 Å². The van der Waals surface area contributed by atoms with E-state index in [2.05, 4.69) is 20.2 Å². The first-order chi connectivity index (χ1) is 13.4. The molecule has 0 aliphatic carbocycles. The third-order valence-corrected chi connectivity index (χ3v) is 6.25. The molecule has 28 heavy (non-hydrogen) atoms. The van der Waals surface area contributed by atoms with Crippen molar-refractivity contribution < 1.29 is 13.2 Å². The molecular weight excluding hydrogens is 396 g/mol. The number of hydrogen-bond acceptors (Lipinski definition) is 6. The van der Waals surface area contributed by atoms with Gasteiger partial charge in [-0.25, -0.2) is 13.1 Å². The van der Waals surface area contributed by atoms with Gasteiger partial charge >= 0.3 is 0 Å². The highest BCUT2D eigenvalue weighted by atomic mass is 32.2. The van der Waals surface area contributed by atoms with Crippen molar-refractivity contribution in [1.82, 2.24) is 14.9 Å². The van der Waals surface area contributed by atoms with Crippen molar-refractivity contribution in [3.63, 3.8) is 0 Å². The van der Waals surface area contributed by atoms with Gasteiger partial charge in [-0.15, -0.1) is 10.2 Å². The van der Waals surface area contributed by atoms with Crippen LogP contribution in [0.1, 0.15) is 16.1 Å². The Morgan fingerprint density at radius 1 is 1.00 bits per heavy atom. The van der Waals surface area contributed by atoms with Gasteiger partial charge in [-0.2, -0.15) is 0 Å². The zero-order chi connectivity index (χ0) is 20.0. The van der Waals surface area contributed by atoms with Gasteiger partial charge in [-0.3, -0.25) is 10.1 Å². The van der Waals surface area contributed by atoms with Crippen molar-refractivity contribution in [2.45, 2.75) is 24.7 Å². The van der Waals surface area contributed by atoms with Crippen LogP contribution in [0, 0.1) is 6.92 Å². The minimum absolute atomic E-state index is 0.116. The van der Waals surface area contributed by atoms with Crippen LogP contribution in [0.25, 0.3) is 0 Å². The lowest BCUT2D eigenvalue weighted by atomic mass is 10.1. The number of aryl methyl sites for hydroxylation is 3. The number of nitrogens with zero attached hydrogens (tertiary/aromatic N) is 2. The lowest BCUT2D eigenvalue weighted by Gasteiger charge is -2.06. The summed E-state index contributed by atoms with van der Waals surface area (Å²) in [7, 11) is -3.74. The molecule has 0 saturated heterocycles. The molecule has 0 saturated carbocycles. The van der Waals surface area contributed by atoms with E-state index in [0.717, 1.165) is 23.4 Å². The van der Waals surface area contributed by atoms with Crippen LogP contribution in [0.5, 0.6) is 0 Å². The number of aromatic nitrogens is 2. The summed E-state index contributed by atoms with van der Waals surface area (Å²) in [6.07, 6.45) is 1.55. The van der Waals surface area contributed by atoms with Gasteiger partial charge in [-0.05, 0) is 31.0 Å². The fourth-order valence-corrected chi connectivity index (χ4v) is 4.16. The molecule has 146 valence electrons. The van der Waals surface area contributed by atoms with E-state index in [1.807, 2.05) is 37.3 Å². The molecule has 0 radical (unpaired) electrons. The third kappa shape index (κ3) is 5.69. The normalized spacial score (nSPS) is 11.3. The topological polar surface area (TPSA) is 101 Å². The maximum Gasteiger partial charge on any atom is 0.241 e. The molecule has 1 amide bonds. The van der Waals surface area contributed by atoms with Gasteiger partial charge in [0.05, 0.1) is 11.4 Å². The Labute approximate surface area is 167 Å². The zero-order valence-corrected chi connectivity index (χ0v) is 16.9. The number of carbonyl (C=O) groups is 1. The largest absolute Gasteiger partial charge is 0.299 e. The van der Waals surface area contributed by atoms with Gasteiger partial charge in [0.25, 0.3) is 0 Å². The van der Waals surface area contributed by atoms with E-state index >= 15 is 0 Å². The standard InChI is InChI=1S/C19H20N4O3S2/c1-14-7-10-16(11-8-14)28(25,26)20-13-17(24)21-19-23-22-18(27-19)12-9-15-5-3-2-4-6-15/h2-8,10-11,20H,9,12-13H2,1H3,(H,21,23,24). The second-order valence-corrected chi connectivity index (χ2v) is 9.00. The molecule has 3 rings (SSSR count). The van der Waals surface area contributed by atoms with E-state index in [1.165, 1.54) is 29.0 Å². The molecular formula is C19H20N4O3S2. The molecule has 2 N–H and O–H groups in total. The van der Waals surface area contributed by atoms with Crippen LogP contribution < -0.4 is 10.0 Å². The monoisotopic (exact) mass is 416 g/mol. The molecule has 1 aromatic heterocycles. The number of anilines is 1. The molecule has 0 aliphatic rings. The summed E-state index contributed by atoms with van der Waals surface area (Å²) in [5.41, 5.74) is 2.16. The molecule has 1 heterocycles. The number of carbonyl (C=O) groups excluding carboxylic acids is 1. The summed E-state index contributed by atoms with van der Waals surface area (Å²) in [6.45, 7) is 1.49. The van der Waals surface area contributed by atoms with Crippen molar-refractivity contribution in [3.8, 4) is 0 Å². The first-order valence-corrected chi connectivity index (χ1v) is 10.9. The van der Waals surface area contributed by atoms with Crippen LogP contribution in [0.3, 0.4) is 0 Å². The summed E-state index contributed by atoms with van der Waals surface area (Å²) >= 11 is 1.28. The van der Waals surface area contributed by atoms with E-state index in [0.29, 0.717) is 5.13 Å². The summed E-state index contributed by atoms with van der Waals surface area (Å²) in [4.78, 5) is 12.1. The van der Waals surface area contributed by atoms with Crippen molar-refractivity contribution in [2.75, 3.05) is 11.9 Å². The first-order valence-electron chi connectivity index (χ1n) is 8.65. The van der Waals surface area contributed by atoms with Gasteiger partial charge in [0.15, 0.2) is 0 Å². The minimum Gasteiger partial charge on any atom is -0.299 e. The number of hydrogen-bond donors (Lipinski definition) is 2. The maximum absolute atomic E-state index is 12.2. The molecule has 3 aromatic rings. The summed E-state index contributed by atoms with van der Waals surface area (Å²) in [5.74, 6) is -0.499. The summed E-state index contributed by atoms with van der Waals surface area (Å²) < 4.78 is 26.7. The Morgan fingerprint density at radius 3 is 2.43 bits per heavy atom. The van der Waals surface area contributed by atoms with Crippen LogP contribution in [0.4, 0.5) is 5.13 Å². The van der Waals surface area contributed by atoms with Crippen LogP contribution in [0.15, 0.2) is 59.5 Å². The molecule has 0 fully saturated rings. The van der Waals surface area contributed by atoms with Crippen LogP contribution in [-0.4, -0.2) is 31.1 Å². The molecule has 2 aromatic carbocycles. The highest BCUT2D eigenvalue weighted by Gasteiger charge is 2.16. The summed E-state index contributed by atoms with van der Waals surface area (Å²) in [6, 6.07) is 16.4. The van der Waals surface area contributed by atoms with E-state index in [-0.39, 0.29) is 11.4 Å². The maximum atomic E-state index is 12.2. The third-order valence-electron chi connectivity index (χ3n) is 3.94. The first kappa shape index (κ1) is 20.1. The van der Waals surface area contributed by atoms with Crippen LogP contribution in [0.2, 0.25) is 0 Å². The zero-order valence-electron chi connectivity index (χ0n) is 15.3. The Morgan fingerprint density at radius 2 is 1.71 bits per heavy atom. The second kappa shape index (κ2) is 9.05. The number of benzene rings is 2. The highest BCUT2D eigenvalue weighted by molar-refractivity contribution is 7.89. The number of nitrogens with one attached hydrogen (secondary N) is 2. The Kier molecular flexibility index (Phi) is 6.50. The molecule has 0 aliphatic heterocycles. The van der Waals surface area contributed by atoms with Crippen molar-refractivity contribution in [3.05, 3.63) is 70.7 Å². The quantitative estimate of drug-likeness (QED) is 0.588. The van der Waals surface area contributed by atoms with E-state index in [1.54, 1.807) is 12.1 Å². The van der Waals surface area contributed by atoms with Crippen molar-refractivity contribution in [1.29, 1.82) is 0 Å². The van der Waals surface area contributed by atoms with Gasteiger partial charge < -0.3 is 0 Å². The molecule has 9 heteroatoms. The smallest absolute Gasteiger partial charge is 0.241 e. The highest BCUT2D eigenvalue weighted by Crippen LogP contribution is 2.17. The van der Waals surface area contributed by atoms with Gasteiger partial charge in [0.1, 0.15) is 5.01 Å². The SMILES string of the molecule is Cc1ccc(S(=O)(=O)NCC(=O)Nc2nnc(CCc3ccccc3)s2)cc1. The predicted molar refractivity (Wildman–Crippen MR) is 109 cm³/mol. The molecule has 0 bridgehead atoms. The Hall–Kier alpha value is -2.62. The number of sulfonamides is 1. The average molecular weight is 417 g/mol. The van der Waals surface area contributed by atoms with Gasteiger partial charge in [0, 0.05) is 6.42 Å². The Balaban J connectivity index is 1.49. The second-order valence-electron chi connectivity index (χ2n) is 6.17. The fraction of sp³-hybridized carbons (Fsp3) is 0.211. The van der Waals surface area contributed by atoms with Crippen LogP contribution >= 0.6 is 11.3 Å². The fourth-order valence-electron chi connectivity index (χ4n) is 2.43. The Bertz CT molecular complexity index is 1030. The minimum atomic E-state index is -3.74. The van der Waals surface area contributed by atoms with Gasteiger partial charge in [0.2, 0.25) is 21.1 Å². The average Bonchev–Trinajstić information content (AvgIpc) is 3.13. The van der Waals surface area contributed by atoms with E-state index in [9.17, 15) is 13.2 Å². The number of amides is 1. The van der Waals surface area contributed by atoms with E-state index < -0.39 is 15.9 Å². The molecule has 0 spiro atoms.